The zero-order valence-corrected chi connectivity index (χ0v) is 13.8. The van der Waals surface area contributed by atoms with Gasteiger partial charge in [0.1, 0.15) is 5.82 Å². The molecule has 24 heavy (non-hydrogen) atoms. The quantitative estimate of drug-likeness (QED) is 0.618. The van der Waals surface area contributed by atoms with Crippen LogP contribution in [-0.2, 0) is 0 Å². The molecule has 1 aliphatic heterocycles. The molecule has 3 nitrogen and oxygen atoms in total. The first kappa shape index (κ1) is 15.2. The van der Waals surface area contributed by atoms with Gasteiger partial charge in [-0.1, -0.05) is 35.3 Å². The highest BCUT2D eigenvalue weighted by atomic mass is 35.5. The first-order chi connectivity index (χ1) is 11.5. The molecule has 1 amide bonds. The number of nitrogen functional groups attached to an aromatic ring is 1. The number of rotatable bonds is 1. The Morgan fingerprint density at radius 2 is 1.83 bits per heavy atom. The molecule has 0 fully saturated rings. The van der Waals surface area contributed by atoms with Crippen LogP contribution < -0.4 is 11.1 Å². The summed E-state index contributed by atoms with van der Waals surface area (Å²) in [6.45, 7) is 0. The maximum Gasteiger partial charge on any atom is 0.253 e. The van der Waals surface area contributed by atoms with Crippen LogP contribution in [0, 0.1) is 5.82 Å². The molecule has 3 aromatic rings. The Balaban J connectivity index is 2.03. The monoisotopic (exact) mass is 360 g/mol. The van der Waals surface area contributed by atoms with Crippen molar-refractivity contribution in [2.45, 2.75) is 6.04 Å². The number of fused-ring (bicyclic) bond motifs is 3. The SMILES string of the molecule is Nc1cc2c(Cl)cccc2c2c1C(c1cc(F)ccc1Cl)NC2=O. The molecule has 6 heteroatoms. The minimum Gasteiger partial charge on any atom is -0.398 e. The van der Waals surface area contributed by atoms with Crippen LogP contribution in [0.15, 0.2) is 42.5 Å². The Morgan fingerprint density at radius 1 is 1.04 bits per heavy atom. The van der Waals surface area contributed by atoms with Crippen molar-refractivity contribution >= 4 is 45.6 Å². The van der Waals surface area contributed by atoms with E-state index in [1.54, 1.807) is 18.2 Å². The molecule has 0 saturated heterocycles. The second-order valence-electron chi connectivity index (χ2n) is 5.66. The van der Waals surface area contributed by atoms with Crippen LogP contribution in [0.25, 0.3) is 10.8 Å². The van der Waals surface area contributed by atoms with Crippen molar-refractivity contribution in [1.82, 2.24) is 5.32 Å². The van der Waals surface area contributed by atoms with Crippen LogP contribution in [-0.4, -0.2) is 5.91 Å². The fourth-order valence-electron chi connectivity index (χ4n) is 3.22. The van der Waals surface area contributed by atoms with Gasteiger partial charge in [0.05, 0.1) is 11.6 Å². The standard InChI is InChI=1S/C18H11Cl2FN2O/c19-12-3-1-2-9-10(12)7-14(22)16-15(9)18(24)23-17(16)11-6-8(21)4-5-13(11)20/h1-7,17H,22H2,(H,23,24). The van der Waals surface area contributed by atoms with E-state index >= 15 is 0 Å². The zero-order valence-electron chi connectivity index (χ0n) is 12.2. The summed E-state index contributed by atoms with van der Waals surface area (Å²) < 4.78 is 13.7. The second-order valence-corrected chi connectivity index (χ2v) is 6.48. The third-order valence-electron chi connectivity index (χ3n) is 4.26. The number of hydrogen-bond acceptors (Lipinski definition) is 2. The summed E-state index contributed by atoms with van der Waals surface area (Å²) in [6, 6.07) is 10.5. The second kappa shape index (κ2) is 5.36. The fraction of sp³-hybridized carbons (Fsp3) is 0.0556. The summed E-state index contributed by atoms with van der Waals surface area (Å²) in [5, 5.41) is 5.13. The van der Waals surface area contributed by atoms with Crippen molar-refractivity contribution in [2.75, 3.05) is 5.73 Å². The van der Waals surface area contributed by atoms with E-state index in [9.17, 15) is 9.18 Å². The largest absolute Gasteiger partial charge is 0.398 e. The first-order valence-electron chi connectivity index (χ1n) is 7.24. The Kier molecular flexibility index (Phi) is 3.41. The third-order valence-corrected chi connectivity index (χ3v) is 4.94. The number of benzene rings is 3. The van der Waals surface area contributed by atoms with Crippen molar-refractivity contribution in [2.24, 2.45) is 0 Å². The van der Waals surface area contributed by atoms with Gasteiger partial charge in [-0.25, -0.2) is 4.39 Å². The van der Waals surface area contributed by atoms with Crippen LogP contribution in [0.3, 0.4) is 0 Å². The zero-order chi connectivity index (χ0) is 17.0. The molecule has 0 radical (unpaired) electrons. The highest BCUT2D eigenvalue weighted by Gasteiger charge is 2.35. The van der Waals surface area contributed by atoms with Crippen molar-refractivity contribution in [3.05, 3.63) is 75.0 Å². The van der Waals surface area contributed by atoms with Crippen LogP contribution in [0.4, 0.5) is 10.1 Å². The van der Waals surface area contributed by atoms with E-state index in [4.69, 9.17) is 28.9 Å². The molecule has 3 N–H and O–H groups in total. The van der Waals surface area contributed by atoms with Crippen molar-refractivity contribution in [3.8, 4) is 0 Å². The van der Waals surface area contributed by atoms with Crippen LogP contribution in [0.1, 0.15) is 27.5 Å². The van der Waals surface area contributed by atoms with Gasteiger partial charge in [0, 0.05) is 32.2 Å². The smallest absolute Gasteiger partial charge is 0.253 e. The van der Waals surface area contributed by atoms with Gasteiger partial charge in [-0.2, -0.15) is 0 Å². The molecule has 120 valence electrons. The predicted molar refractivity (Wildman–Crippen MR) is 94.1 cm³/mol. The molecule has 0 spiro atoms. The summed E-state index contributed by atoms with van der Waals surface area (Å²) >= 11 is 12.4. The topological polar surface area (TPSA) is 55.1 Å². The number of anilines is 1. The lowest BCUT2D eigenvalue weighted by Gasteiger charge is -2.16. The van der Waals surface area contributed by atoms with E-state index in [0.29, 0.717) is 43.2 Å². The van der Waals surface area contributed by atoms with Gasteiger partial charge in [0.2, 0.25) is 0 Å². The lowest BCUT2D eigenvalue weighted by molar-refractivity contribution is 0.0962. The molecule has 1 heterocycles. The van der Waals surface area contributed by atoms with Gasteiger partial charge < -0.3 is 11.1 Å². The van der Waals surface area contributed by atoms with E-state index in [2.05, 4.69) is 5.32 Å². The molecular weight excluding hydrogens is 350 g/mol. The molecule has 0 bridgehead atoms. The molecule has 1 atom stereocenters. The molecule has 4 rings (SSSR count). The summed E-state index contributed by atoms with van der Waals surface area (Å²) in [5.41, 5.74) is 8.13. The Hall–Kier alpha value is -2.30. The van der Waals surface area contributed by atoms with Crippen LogP contribution in [0.2, 0.25) is 10.0 Å². The van der Waals surface area contributed by atoms with Gasteiger partial charge in [-0.15, -0.1) is 0 Å². The van der Waals surface area contributed by atoms with E-state index in [-0.39, 0.29) is 5.91 Å². The molecule has 0 aromatic heterocycles. The van der Waals surface area contributed by atoms with Crippen molar-refractivity contribution in [3.63, 3.8) is 0 Å². The minimum absolute atomic E-state index is 0.283. The number of nitrogens with one attached hydrogen (secondary N) is 1. The fourth-order valence-corrected chi connectivity index (χ4v) is 3.68. The number of amides is 1. The predicted octanol–water partition coefficient (Wildman–Crippen LogP) is 4.70. The van der Waals surface area contributed by atoms with Gasteiger partial charge in [0.15, 0.2) is 0 Å². The van der Waals surface area contributed by atoms with Crippen LogP contribution >= 0.6 is 23.2 Å². The number of carbonyl (C=O) groups excluding carboxylic acids is 1. The maximum atomic E-state index is 13.7. The molecule has 1 unspecified atom stereocenters. The Labute approximate surface area is 147 Å². The van der Waals surface area contributed by atoms with Gasteiger partial charge >= 0.3 is 0 Å². The highest BCUT2D eigenvalue weighted by molar-refractivity contribution is 6.36. The average Bonchev–Trinajstić information content (AvgIpc) is 2.89. The number of nitrogens with two attached hydrogens (primary N) is 1. The number of hydrogen-bond donors (Lipinski definition) is 2. The molecule has 3 aromatic carbocycles. The van der Waals surface area contributed by atoms with Crippen molar-refractivity contribution < 1.29 is 9.18 Å². The van der Waals surface area contributed by atoms with E-state index < -0.39 is 11.9 Å². The van der Waals surface area contributed by atoms with Crippen LogP contribution in [0.5, 0.6) is 0 Å². The van der Waals surface area contributed by atoms with E-state index in [1.807, 2.05) is 6.07 Å². The molecule has 0 aliphatic carbocycles. The van der Waals surface area contributed by atoms with Gasteiger partial charge in [0.25, 0.3) is 5.91 Å². The minimum atomic E-state index is -0.598. The number of carbonyl (C=O) groups is 1. The van der Waals surface area contributed by atoms with Crippen molar-refractivity contribution in [1.29, 1.82) is 0 Å². The molecule has 0 saturated carbocycles. The molecular formula is C18H11Cl2FN2O. The lowest BCUT2D eigenvalue weighted by Crippen LogP contribution is -2.20. The third kappa shape index (κ3) is 2.14. The lowest BCUT2D eigenvalue weighted by atomic mass is 9.92. The summed E-state index contributed by atoms with van der Waals surface area (Å²) in [7, 11) is 0. The first-order valence-corrected chi connectivity index (χ1v) is 7.99. The number of halogens is 3. The summed E-state index contributed by atoms with van der Waals surface area (Å²) in [6.07, 6.45) is 0. The Bertz CT molecular complexity index is 1020. The normalized spacial score (nSPS) is 16.3. The van der Waals surface area contributed by atoms with E-state index in [1.165, 1.54) is 18.2 Å². The van der Waals surface area contributed by atoms with E-state index in [0.717, 1.165) is 0 Å². The highest BCUT2D eigenvalue weighted by Crippen LogP contribution is 2.42. The van der Waals surface area contributed by atoms with Gasteiger partial charge in [-0.3, -0.25) is 4.79 Å². The molecule has 1 aliphatic rings. The Morgan fingerprint density at radius 3 is 2.62 bits per heavy atom. The average molecular weight is 361 g/mol. The summed E-state index contributed by atoms with van der Waals surface area (Å²) in [4.78, 5) is 12.6. The summed E-state index contributed by atoms with van der Waals surface area (Å²) in [5.74, 6) is -0.714. The van der Waals surface area contributed by atoms with Gasteiger partial charge in [-0.05, 0) is 35.7 Å². The maximum absolute atomic E-state index is 13.7.